The Kier molecular flexibility index (Phi) is 4.18. The first-order valence-corrected chi connectivity index (χ1v) is 5.08. The maximum atomic E-state index is 12.1. The van der Waals surface area contributed by atoms with Gasteiger partial charge in [-0.05, 0) is 18.1 Å². The molecule has 0 saturated heterocycles. The van der Waals surface area contributed by atoms with Crippen molar-refractivity contribution in [1.82, 2.24) is 4.98 Å². The topological polar surface area (TPSA) is 45.9 Å². The molecule has 92 valence electrons. The van der Waals surface area contributed by atoms with Crippen molar-refractivity contribution in [3.05, 3.63) is 22.9 Å². The van der Waals surface area contributed by atoms with Crippen molar-refractivity contribution in [2.75, 3.05) is 0 Å². The predicted octanol–water partition coefficient (Wildman–Crippen LogP) is 3.09. The van der Waals surface area contributed by atoms with Crippen LogP contribution in [0.15, 0.2) is 6.20 Å². The maximum Gasteiger partial charge on any atom is 0.574 e. The summed E-state index contributed by atoms with van der Waals surface area (Å²) in [6.07, 6.45) is -3.57. The highest BCUT2D eigenvalue weighted by molar-refractivity contribution is 6.17. The molecule has 0 aromatic carbocycles. The van der Waals surface area contributed by atoms with Crippen LogP contribution in [-0.2, 0) is 12.3 Å². The lowest BCUT2D eigenvalue weighted by atomic mass is 10.0. The van der Waals surface area contributed by atoms with Crippen LogP contribution in [0.4, 0.5) is 13.2 Å². The average molecular weight is 265 g/mol. The van der Waals surface area contributed by atoms with Gasteiger partial charge < -0.3 is 4.74 Å². The summed E-state index contributed by atoms with van der Waals surface area (Å²) in [5.41, 5.74) is 1.15. The Morgan fingerprint density at radius 1 is 1.53 bits per heavy atom. The lowest BCUT2D eigenvalue weighted by Gasteiger charge is -2.14. The van der Waals surface area contributed by atoms with Gasteiger partial charge in [0, 0.05) is 17.6 Å². The average Bonchev–Trinajstić information content (AvgIpc) is 2.21. The smallest absolute Gasteiger partial charge is 0.388 e. The molecule has 1 aromatic rings. The third-order valence-corrected chi connectivity index (χ3v) is 2.38. The molecular weight excluding hydrogens is 257 g/mol. The second-order valence-corrected chi connectivity index (χ2v) is 3.48. The van der Waals surface area contributed by atoms with Crippen molar-refractivity contribution in [2.45, 2.75) is 25.6 Å². The van der Waals surface area contributed by atoms with E-state index in [-0.39, 0.29) is 17.9 Å². The first-order chi connectivity index (χ1) is 7.89. The number of rotatable bonds is 3. The molecule has 3 nitrogen and oxygen atoms in total. The minimum atomic E-state index is -4.79. The highest BCUT2D eigenvalue weighted by Crippen LogP contribution is 2.28. The number of pyridine rings is 1. The summed E-state index contributed by atoms with van der Waals surface area (Å²) in [6, 6.07) is 1.89. The van der Waals surface area contributed by atoms with E-state index in [1.54, 1.807) is 0 Å². The monoisotopic (exact) mass is 264 g/mol. The Labute approximate surface area is 101 Å². The summed E-state index contributed by atoms with van der Waals surface area (Å²) in [7, 11) is 0. The molecule has 0 aliphatic rings. The number of hydrogen-bond donors (Lipinski definition) is 0. The summed E-state index contributed by atoms with van der Waals surface area (Å²) in [6.45, 7) is 1.42. The largest absolute Gasteiger partial charge is 0.574 e. The first kappa shape index (κ1) is 13.6. The Balaban J connectivity index is 3.16. The summed E-state index contributed by atoms with van der Waals surface area (Å²) >= 11 is 5.64. The Bertz CT molecular complexity index is 454. The first-order valence-electron chi connectivity index (χ1n) is 4.55. The van der Waals surface area contributed by atoms with E-state index in [2.05, 4.69) is 9.72 Å². The van der Waals surface area contributed by atoms with Crippen LogP contribution >= 0.6 is 11.6 Å². The van der Waals surface area contributed by atoms with Crippen LogP contribution in [-0.4, -0.2) is 11.3 Å². The summed E-state index contributed by atoms with van der Waals surface area (Å²) in [5.74, 6) is -0.533. The van der Waals surface area contributed by atoms with Gasteiger partial charge in [-0.15, -0.1) is 24.8 Å². The second-order valence-electron chi connectivity index (χ2n) is 3.21. The highest BCUT2D eigenvalue weighted by Gasteiger charge is 2.33. The molecule has 0 atom stereocenters. The molecule has 0 N–H and O–H groups in total. The Morgan fingerprint density at radius 2 is 2.18 bits per heavy atom. The Morgan fingerprint density at radius 3 is 2.65 bits per heavy atom. The molecular formula is C10H8ClF3N2O. The van der Waals surface area contributed by atoms with Crippen molar-refractivity contribution in [1.29, 1.82) is 5.26 Å². The summed E-state index contributed by atoms with van der Waals surface area (Å²) in [4.78, 5) is 3.54. The van der Waals surface area contributed by atoms with E-state index in [0.717, 1.165) is 0 Å². The van der Waals surface area contributed by atoms with Crippen molar-refractivity contribution in [3.63, 3.8) is 0 Å². The summed E-state index contributed by atoms with van der Waals surface area (Å²) in [5, 5.41) is 8.55. The lowest BCUT2D eigenvalue weighted by molar-refractivity contribution is -0.276. The van der Waals surface area contributed by atoms with Crippen molar-refractivity contribution >= 4 is 11.6 Å². The van der Waals surface area contributed by atoms with Crippen molar-refractivity contribution in [3.8, 4) is 11.9 Å². The van der Waals surface area contributed by atoms with Gasteiger partial charge in [0.25, 0.3) is 0 Å². The van der Waals surface area contributed by atoms with E-state index in [9.17, 15) is 13.2 Å². The van der Waals surface area contributed by atoms with E-state index in [0.29, 0.717) is 11.1 Å². The third-order valence-electron chi connectivity index (χ3n) is 2.11. The lowest BCUT2D eigenvalue weighted by Crippen LogP contribution is -2.19. The number of halogens is 4. The minimum Gasteiger partial charge on any atom is -0.388 e. The number of hydrogen-bond acceptors (Lipinski definition) is 3. The Hall–Kier alpha value is -1.48. The fourth-order valence-corrected chi connectivity index (χ4v) is 1.69. The normalized spacial score (nSPS) is 11.1. The van der Waals surface area contributed by atoms with Crippen LogP contribution in [0.5, 0.6) is 5.88 Å². The number of nitriles is 1. The quantitative estimate of drug-likeness (QED) is 0.788. The number of ether oxygens (including phenoxy) is 1. The van der Waals surface area contributed by atoms with Gasteiger partial charge in [-0.2, -0.15) is 5.26 Å². The van der Waals surface area contributed by atoms with Gasteiger partial charge in [0.05, 0.1) is 12.5 Å². The molecule has 0 amide bonds. The molecule has 0 unspecified atom stereocenters. The zero-order valence-electron chi connectivity index (χ0n) is 8.81. The van der Waals surface area contributed by atoms with Gasteiger partial charge in [0.1, 0.15) is 0 Å². The molecule has 0 radical (unpaired) electrons. The number of alkyl halides is 4. The van der Waals surface area contributed by atoms with E-state index in [4.69, 9.17) is 16.9 Å². The van der Waals surface area contributed by atoms with Gasteiger partial charge in [-0.3, -0.25) is 0 Å². The molecule has 7 heteroatoms. The van der Waals surface area contributed by atoms with Gasteiger partial charge in [-0.25, -0.2) is 4.98 Å². The fourth-order valence-electron chi connectivity index (χ4n) is 1.32. The van der Waals surface area contributed by atoms with Crippen LogP contribution in [0.1, 0.15) is 16.7 Å². The van der Waals surface area contributed by atoms with E-state index in [1.807, 2.05) is 6.07 Å². The molecule has 0 bridgehead atoms. The molecule has 0 saturated carbocycles. The van der Waals surface area contributed by atoms with E-state index in [1.165, 1.54) is 13.1 Å². The third kappa shape index (κ3) is 3.49. The van der Waals surface area contributed by atoms with Crippen LogP contribution in [0.2, 0.25) is 0 Å². The van der Waals surface area contributed by atoms with E-state index < -0.39 is 12.2 Å². The SMILES string of the molecule is Cc1c(OC(F)(F)F)ncc(CC#N)c1CCl. The minimum absolute atomic E-state index is 0.000413. The number of nitrogens with zero attached hydrogens (tertiary/aromatic N) is 2. The zero-order chi connectivity index (χ0) is 13.1. The van der Waals surface area contributed by atoms with Gasteiger partial charge in [-0.1, -0.05) is 0 Å². The van der Waals surface area contributed by atoms with E-state index >= 15 is 0 Å². The molecule has 17 heavy (non-hydrogen) atoms. The van der Waals surface area contributed by atoms with Gasteiger partial charge in [0.15, 0.2) is 0 Å². The molecule has 1 heterocycles. The molecule has 1 aromatic heterocycles. The zero-order valence-corrected chi connectivity index (χ0v) is 9.56. The molecule has 0 aliphatic carbocycles. The molecule has 0 spiro atoms. The molecule has 0 aliphatic heterocycles. The van der Waals surface area contributed by atoms with Crippen LogP contribution in [0.3, 0.4) is 0 Å². The van der Waals surface area contributed by atoms with Gasteiger partial charge >= 0.3 is 6.36 Å². The van der Waals surface area contributed by atoms with Crippen LogP contribution in [0, 0.1) is 18.3 Å². The molecule has 1 rings (SSSR count). The molecule has 0 fully saturated rings. The summed E-state index contributed by atoms with van der Waals surface area (Å²) < 4.78 is 39.9. The highest BCUT2D eigenvalue weighted by atomic mass is 35.5. The van der Waals surface area contributed by atoms with Crippen LogP contribution < -0.4 is 4.74 Å². The van der Waals surface area contributed by atoms with Gasteiger partial charge in [0.2, 0.25) is 5.88 Å². The number of aromatic nitrogens is 1. The standard InChI is InChI=1S/C10H8ClF3N2O/c1-6-8(4-11)7(2-3-15)5-16-9(6)17-10(12,13)14/h5H,2,4H2,1H3. The maximum absolute atomic E-state index is 12.1. The fraction of sp³-hybridized carbons (Fsp3) is 0.400. The van der Waals surface area contributed by atoms with Crippen molar-refractivity contribution < 1.29 is 17.9 Å². The van der Waals surface area contributed by atoms with Crippen LogP contribution in [0.25, 0.3) is 0 Å². The second kappa shape index (κ2) is 5.23. The van der Waals surface area contributed by atoms with Crippen molar-refractivity contribution in [2.24, 2.45) is 0 Å². The predicted molar refractivity (Wildman–Crippen MR) is 54.5 cm³/mol.